The van der Waals surface area contributed by atoms with E-state index in [0.717, 1.165) is 5.02 Å². The smallest absolute Gasteiger partial charge is 0.0485 e. The van der Waals surface area contributed by atoms with Gasteiger partial charge in [-0.05, 0) is 23.8 Å². The lowest BCUT2D eigenvalue weighted by molar-refractivity contribution is 0.970. The van der Waals surface area contributed by atoms with Gasteiger partial charge >= 0.3 is 0 Å². The molecule has 0 unspecified atom stereocenters. The number of halogens is 1. The van der Waals surface area contributed by atoms with E-state index in [0.29, 0.717) is 0 Å². The Morgan fingerprint density at radius 1 is 1.00 bits per heavy atom. The van der Waals surface area contributed by atoms with Crippen LogP contribution < -0.4 is 0 Å². The van der Waals surface area contributed by atoms with Gasteiger partial charge in [-0.1, -0.05) is 41.9 Å². The van der Waals surface area contributed by atoms with Gasteiger partial charge in [0, 0.05) is 34.7 Å². The van der Waals surface area contributed by atoms with Gasteiger partial charge in [0.1, 0.15) is 0 Å². The first-order valence-corrected chi connectivity index (χ1v) is 5.93. The molecule has 0 aliphatic heterocycles. The van der Waals surface area contributed by atoms with E-state index in [4.69, 9.17) is 11.6 Å². The first kappa shape index (κ1) is 10.4. The Kier molecular flexibility index (Phi) is 2.41. The molecule has 0 saturated heterocycles. The summed E-state index contributed by atoms with van der Waals surface area (Å²) in [6.07, 6.45) is 2.15. The molecule has 0 N–H and O–H groups in total. The summed E-state index contributed by atoms with van der Waals surface area (Å²) in [7, 11) is 2.06. The second-order valence-electron chi connectivity index (χ2n) is 4.18. The molecule has 1 aromatic heterocycles. The average molecular weight is 242 g/mol. The molecule has 0 atom stereocenters. The molecule has 0 radical (unpaired) electrons. The van der Waals surface area contributed by atoms with Crippen molar-refractivity contribution in [2.45, 2.75) is 0 Å². The highest BCUT2D eigenvalue weighted by Crippen LogP contribution is 2.31. The van der Waals surface area contributed by atoms with Crippen LogP contribution in [0, 0.1) is 0 Å². The van der Waals surface area contributed by atoms with Gasteiger partial charge in [-0.2, -0.15) is 0 Å². The fourth-order valence-corrected chi connectivity index (χ4v) is 2.38. The van der Waals surface area contributed by atoms with E-state index in [9.17, 15) is 0 Å². The molecular weight excluding hydrogens is 230 g/mol. The number of hydrogen-bond acceptors (Lipinski definition) is 0. The van der Waals surface area contributed by atoms with Crippen LogP contribution in [0.2, 0.25) is 5.02 Å². The van der Waals surface area contributed by atoms with Crippen LogP contribution in [0.15, 0.2) is 54.7 Å². The van der Waals surface area contributed by atoms with Crippen LogP contribution >= 0.6 is 11.6 Å². The third-order valence-corrected chi connectivity index (χ3v) is 3.27. The third-order valence-electron chi connectivity index (χ3n) is 3.04. The van der Waals surface area contributed by atoms with Crippen LogP contribution in [0.1, 0.15) is 0 Å². The molecule has 0 amide bonds. The van der Waals surface area contributed by atoms with Gasteiger partial charge in [0.2, 0.25) is 0 Å². The Morgan fingerprint density at radius 2 is 1.76 bits per heavy atom. The van der Waals surface area contributed by atoms with Crippen molar-refractivity contribution in [3.63, 3.8) is 0 Å². The number of fused-ring (bicyclic) bond motifs is 1. The van der Waals surface area contributed by atoms with E-state index in [-0.39, 0.29) is 0 Å². The largest absolute Gasteiger partial charge is 0.350 e. The van der Waals surface area contributed by atoms with Gasteiger partial charge in [-0.3, -0.25) is 0 Å². The molecule has 2 heteroatoms. The predicted octanol–water partition coefficient (Wildman–Crippen LogP) is 4.50. The van der Waals surface area contributed by atoms with Crippen molar-refractivity contribution in [3.05, 3.63) is 59.8 Å². The molecule has 0 bridgehead atoms. The lowest BCUT2D eigenvalue weighted by Crippen LogP contribution is -1.82. The minimum atomic E-state index is 0.779. The number of aromatic nitrogens is 1. The van der Waals surface area contributed by atoms with Crippen LogP contribution in [-0.2, 0) is 7.05 Å². The topological polar surface area (TPSA) is 4.93 Å². The third kappa shape index (κ3) is 1.73. The normalized spacial score (nSPS) is 10.9. The standard InChI is InChI=1S/C15H12ClN/c1-17-10-14(11-5-3-2-4-6-11)13-9-12(16)7-8-15(13)17/h2-10H,1H3. The number of aryl methyl sites for hydroxylation is 1. The monoisotopic (exact) mass is 241 g/mol. The number of hydrogen-bond donors (Lipinski definition) is 0. The summed E-state index contributed by atoms with van der Waals surface area (Å²) >= 11 is 6.08. The summed E-state index contributed by atoms with van der Waals surface area (Å²) in [4.78, 5) is 0. The molecule has 0 saturated carbocycles. The molecule has 3 aromatic rings. The highest BCUT2D eigenvalue weighted by atomic mass is 35.5. The highest BCUT2D eigenvalue weighted by molar-refractivity contribution is 6.31. The van der Waals surface area contributed by atoms with E-state index in [2.05, 4.69) is 48.1 Å². The molecule has 1 nitrogen and oxygen atoms in total. The fourth-order valence-electron chi connectivity index (χ4n) is 2.21. The molecule has 0 spiro atoms. The van der Waals surface area contributed by atoms with E-state index in [1.807, 2.05) is 18.2 Å². The minimum absolute atomic E-state index is 0.779. The first-order chi connectivity index (χ1) is 8.25. The van der Waals surface area contributed by atoms with Crippen LogP contribution in [0.25, 0.3) is 22.0 Å². The maximum absolute atomic E-state index is 6.08. The van der Waals surface area contributed by atoms with E-state index < -0.39 is 0 Å². The Labute approximate surface area is 105 Å². The Bertz CT molecular complexity index is 668. The van der Waals surface area contributed by atoms with Crippen molar-refractivity contribution in [1.29, 1.82) is 0 Å². The quantitative estimate of drug-likeness (QED) is 0.591. The zero-order chi connectivity index (χ0) is 11.8. The van der Waals surface area contributed by atoms with Gasteiger partial charge in [-0.25, -0.2) is 0 Å². The SMILES string of the molecule is Cn1cc(-c2ccccc2)c2cc(Cl)ccc21. The summed E-state index contributed by atoms with van der Waals surface area (Å²) in [5.41, 5.74) is 3.65. The van der Waals surface area contributed by atoms with Gasteiger partial charge in [0.25, 0.3) is 0 Å². The first-order valence-electron chi connectivity index (χ1n) is 5.56. The Hall–Kier alpha value is -1.73. The zero-order valence-corrected chi connectivity index (χ0v) is 10.3. The van der Waals surface area contributed by atoms with E-state index in [1.54, 1.807) is 0 Å². The van der Waals surface area contributed by atoms with Crippen LogP contribution in [0.5, 0.6) is 0 Å². The van der Waals surface area contributed by atoms with Crippen molar-refractivity contribution in [2.75, 3.05) is 0 Å². The number of benzene rings is 2. The minimum Gasteiger partial charge on any atom is -0.350 e. The van der Waals surface area contributed by atoms with Crippen molar-refractivity contribution >= 4 is 22.5 Å². The Morgan fingerprint density at radius 3 is 2.53 bits per heavy atom. The molecule has 84 valence electrons. The Balaban J connectivity index is 2.34. The van der Waals surface area contributed by atoms with Crippen molar-refractivity contribution in [1.82, 2.24) is 4.57 Å². The van der Waals surface area contributed by atoms with Crippen LogP contribution in [-0.4, -0.2) is 4.57 Å². The molecule has 17 heavy (non-hydrogen) atoms. The zero-order valence-electron chi connectivity index (χ0n) is 9.52. The summed E-state index contributed by atoms with van der Waals surface area (Å²) in [6, 6.07) is 16.4. The molecule has 0 aliphatic carbocycles. The van der Waals surface area contributed by atoms with Crippen LogP contribution in [0.4, 0.5) is 0 Å². The summed E-state index contributed by atoms with van der Waals surface area (Å²) in [5, 5.41) is 1.98. The van der Waals surface area contributed by atoms with Crippen LogP contribution in [0.3, 0.4) is 0 Å². The summed E-state index contributed by atoms with van der Waals surface area (Å²) in [5.74, 6) is 0. The number of nitrogens with zero attached hydrogens (tertiary/aromatic N) is 1. The lowest BCUT2D eigenvalue weighted by atomic mass is 10.1. The van der Waals surface area contributed by atoms with E-state index in [1.165, 1.54) is 22.0 Å². The maximum Gasteiger partial charge on any atom is 0.0485 e. The second-order valence-corrected chi connectivity index (χ2v) is 4.62. The van der Waals surface area contributed by atoms with Crippen molar-refractivity contribution in [3.8, 4) is 11.1 Å². The molecule has 3 rings (SSSR count). The molecular formula is C15H12ClN. The highest BCUT2D eigenvalue weighted by Gasteiger charge is 2.08. The van der Waals surface area contributed by atoms with Crippen molar-refractivity contribution < 1.29 is 0 Å². The van der Waals surface area contributed by atoms with Gasteiger partial charge < -0.3 is 4.57 Å². The van der Waals surface area contributed by atoms with Crippen molar-refractivity contribution in [2.24, 2.45) is 7.05 Å². The lowest BCUT2D eigenvalue weighted by Gasteiger charge is -1.99. The number of rotatable bonds is 1. The summed E-state index contributed by atoms with van der Waals surface area (Å²) in [6.45, 7) is 0. The maximum atomic E-state index is 6.08. The van der Waals surface area contributed by atoms with E-state index >= 15 is 0 Å². The van der Waals surface area contributed by atoms with Gasteiger partial charge in [0.15, 0.2) is 0 Å². The molecule has 2 aromatic carbocycles. The predicted molar refractivity (Wildman–Crippen MR) is 73.4 cm³/mol. The molecule has 0 fully saturated rings. The average Bonchev–Trinajstić information content (AvgIpc) is 2.67. The van der Waals surface area contributed by atoms with Gasteiger partial charge in [-0.15, -0.1) is 0 Å². The summed E-state index contributed by atoms with van der Waals surface area (Å²) < 4.78 is 2.13. The second kappa shape index (κ2) is 3.94. The fraction of sp³-hybridized carbons (Fsp3) is 0.0667. The molecule has 1 heterocycles. The van der Waals surface area contributed by atoms with Gasteiger partial charge in [0.05, 0.1) is 0 Å². The molecule has 0 aliphatic rings.